The standard InChI is InChI=1S/C17H23NO/c1-12-3-2-4-13(5-12)7-18-8-14-6-15-10-19-11-17(15)16(14)9-18/h2-5,14-17H,6-11H2,1H3/t14-,15+,16+,17-/m0/s1. The second-order valence-electron chi connectivity index (χ2n) is 6.80. The zero-order valence-corrected chi connectivity index (χ0v) is 11.7. The fraction of sp³-hybridized carbons (Fsp3) is 0.647. The summed E-state index contributed by atoms with van der Waals surface area (Å²) in [6.45, 7) is 7.99. The fourth-order valence-electron chi connectivity index (χ4n) is 4.64. The maximum Gasteiger partial charge on any atom is 0.0501 e. The first kappa shape index (κ1) is 11.9. The van der Waals surface area contributed by atoms with Crippen molar-refractivity contribution in [2.24, 2.45) is 23.7 Å². The summed E-state index contributed by atoms with van der Waals surface area (Å²) in [5.74, 6) is 3.62. The van der Waals surface area contributed by atoms with Crippen LogP contribution in [0.3, 0.4) is 0 Å². The van der Waals surface area contributed by atoms with Gasteiger partial charge >= 0.3 is 0 Å². The van der Waals surface area contributed by atoms with Crippen LogP contribution < -0.4 is 0 Å². The molecule has 1 aromatic rings. The molecule has 0 unspecified atom stereocenters. The van der Waals surface area contributed by atoms with E-state index in [0.717, 1.165) is 43.4 Å². The van der Waals surface area contributed by atoms with Crippen LogP contribution in [0, 0.1) is 30.6 Å². The molecular formula is C17H23NO. The van der Waals surface area contributed by atoms with E-state index in [1.807, 2.05) is 0 Å². The highest BCUT2D eigenvalue weighted by molar-refractivity contribution is 5.22. The minimum absolute atomic E-state index is 0.868. The summed E-state index contributed by atoms with van der Waals surface area (Å²) in [6, 6.07) is 8.96. The third-order valence-corrected chi connectivity index (χ3v) is 5.46. The van der Waals surface area contributed by atoms with E-state index in [9.17, 15) is 0 Å². The monoisotopic (exact) mass is 257 g/mol. The van der Waals surface area contributed by atoms with Gasteiger partial charge in [0.25, 0.3) is 0 Å². The van der Waals surface area contributed by atoms with Crippen molar-refractivity contribution in [1.82, 2.24) is 4.90 Å². The molecule has 0 N–H and O–H groups in total. The van der Waals surface area contributed by atoms with Gasteiger partial charge in [-0.1, -0.05) is 29.8 Å². The van der Waals surface area contributed by atoms with Crippen LogP contribution in [0.1, 0.15) is 17.5 Å². The summed E-state index contributed by atoms with van der Waals surface area (Å²) in [6.07, 6.45) is 1.42. The van der Waals surface area contributed by atoms with Crippen molar-refractivity contribution in [1.29, 1.82) is 0 Å². The lowest BCUT2D eigenvalue weighted by Gasteiger charge is -2.20. The quantitative estimate of drug-likeness (QED) is 0.807. The molecule has 0 aromatic heterocycles. The molecule has 102 valence electrons. The lowest BCUT2D eigenvalue weighted by molar-refractivity contribution is 0.158. The predicted octanol–water partition coefficient (Wildman–Crippen LogP) is 2.71. The van der Waals surface area contributed by atoms with Crippen LogP contribution in [0.5, 0.6) is 0 Å². The Morgan fingerprint density at radius 3 is 3.00 bits per heavy atom. The molecule has 2 heteroatoms. The highest BCUT2D eigenvalue weighted by Crippen LogP contribution is 2.48. The smallest absolute Gasteiger partial charge is 0.0501 e. The van der Waals surface area contributed by atoms with E-state index < -0.39 is 0 Å². The molecule has 4 atom stereocenters. The molecule has 19 heavy (non-hydrogen) atoms. The van der Waals surface area contributed by atoms with E-state index in [1.165, 1.54) is 30.6 Å². The third kappa shape index (κ3) is 2.11. The first-order valence-corrected chi connectivity index (χ1v) is 7.65. The molecule has 1 saturated carbocycles. The van der Waals surface area contributed by atoms with Gasteiger partial charge in [-0.25, -0.2) is 0 Å². The molecule has 1 aliphatic carbocycles. The molecule has 4 rings (SSSR count). The molecule has 2 nitrogen and oxygen atoms in total. The van der Waals surface area contributed by atoms with Crippen LogP contribution in [0.25, 0.3) is 0 Å². The SMILES string of the molecule is Cc1cccc(CN2C[C@@H]3C[C@@H]4COC[C@@H]4[C@@H]3C2)c1. The second-order valence-corrected chi connectivity index (χ2v) is 6.80. The molecule has 2 saturated heterocycles. The van der Waals surface area contributed by atoms with Crippen LogP contribution in [-0.4, -0.2) is 31.2 Å². The molecule has 3 aliphatic rings. The van der Waals surface area contributed by atoms with Gasteiger partial charge in [0.1, 0.15) is 0 Å². The summed E-state index contributed by atoms with van der Waals surface area (Å²) < 4.78 is 5.67. The van der Waals surface area contributed by atoms with Gasteiger partial charge in [0.15, 0.2) is 0 Å². The van der Waals surface area contributed by atoms with Crippen LogP contribution in [0.2, 0.25) is 0 Å². The van der Waals surface area contributed by atoms with Gasteiger partial charge in [0.2, 0.25) is 0 Å². The Hall–Kier alpha value is -0.860. The highest BCUT2D eigenvalue weighted by Gasteiger charge is 2.49. The number of hydrogen-bond acceptors (Lipinski definition) is 2. The van der Waals surface area contributed by atoms with E-state index in [-0.39, 0.29) is 0 Å². The topological polar surface area (TPSA) is 12.5 Å². The fourth-order valence-corrected chi connectivity index (χ4v) is 4.64. The number of ether oxygens (including phenoxy) is 1. The molecule has 0 radical (unpaired) electrons. The highest BCUT2D eigenvalue weighted by atomic mass is 16.5. The number of nitrogens with zero attached hydrogens (tertiary/aromatic N) is 1. The van der Waals surface area contributed by atoms with Crippen molar-refractivity contribution in [3.05, 3.63) is 35.4 Å². The van der Waals surface area contributed by atoms with Gasteiger partial charge in [-0.05, 0) is 42.6 Å². The van der Waals surface area contributed by atoms with Crippen molar-refractivity contribution in [3.8, 4) is 0 Å². The molecule has 0 spiro atoms. The zero-order chi connectivity index (χ0) is 12.8. The molecule has 2 heterocycles. The summed E-state index contributed by atoms with van der Waals surface area (Å²) in [5.41, 5.74) is 2.85. The largest absolute Gasteiger partial charge is 0.381 e. The minimum atomic E-state index is 0.868. The molecule has 0 bridgehead atoms. The van der Waals surface area contributed by atoms with Crippen LogP contribution in [-0.2, 0) is 11.3 Å². The van der Waals surface area contributed by atoms with Gasteiger partial charge < -0.3 is 4.74 Å². The van der Waals surface area contributed by atoms with Gasteiger partial charge in [-0.15, -0.1) is 0 Å². The van der Waals surface area contributed by atoms with E-state index in [1.54, 1.807) is 0 Å². The number of benzene rings is 1. The average molecular weight is 257 g/mol. The van der Waals surface area contributed by atoms with Crippen LogP contribution in [0.4, 0.5) is 0 Å². The lowest BCUT2D eigenvalue weighted by atomic mass is 9.91. The predicted molar refractivity (Wildman–Crippen MR) is 75.9 cm³/mol. The maximum absolute atomic E-state index is 5.67. The normalized spacial score (nSPS) is 37.5. The first-order chi connectivity index (χ1) is 9.29. The molecular weight excluding hydrogens is 234 g/mol. The number of hydrogen-bond donors (Lipinski definition) is 0. The Kier molecular flexibility index (Phi) is 2.89. The van der Waals surface area contributed by atoms with E-state index >= 15 is 0 Å². The van der Waals surface area contributed by atoms with Gasteiger partial charge in [-0.2, -0.15) is 0 Å². The van der Waals surface area contributed by atoms with Crippen LogP contribution in [0.15, 0.2) is 24.3 Å². The van der Waals surface area contributed by atoms with Gasteiger partial charge in [-0.3, -0.25) is 4.90 Å². The molecule has 3 fully saturated rings. The first-order valence-electron chi connectivity index (χ1n) is 7.65. The summed E-state index contributed by atoms with van der Waals surface area (Å²) in [7, 11) is 0. The van der Waals surface area contributed by atoms with Crippen molar-refractivity contribution >= 4 is 0 Å². The van der Waals surface area contributed by atoms with E-state index in [4.69, 9.17) is 4.74 Å². The van der Waals surface area contributed by atoms with Crippen molar-refractivity contribution < 1.29 is 4.74 Å². The van der Waals surface area contributed by atoms with Crippen molar-refractivity contribution in [2.45, 2.75) is 19.9 Å². The van der Waals surface area contributed by atoms with Gasteiger partial charge in [0, 0.05) is 26.2 Å². The van der Waals surface area contributed by atoms with E-state index in [2.05, 4.69) is 36.1 Å². The zero-order valence-electron chi connectivity index (χ0n) is 11.7. The number of rotatable bonds is 2. The molecule has 1 aromatic carbocycles. The Balaban J connectivity index is 1.43. The molecule has 0 amide bonds. The summed E-state index contributed by atoms with van der Waals surface area (Å²) in [4.78, 5) is 2.67. The minimum Gasteiger partial charge on any atom is -0.381 e. The van der Waals surface area contributed by atoms with Gasteiger partial charge in [0.05, 0.1) is 6.61 Å². The molecule has 2 aliphatic heterocycles. The number of fused-ring (bicyclic) bond motifs is 3. The Morgan fingerprint density at radius 1 is 1.16 bits per heavy atom. The van der Waals surface area contributed by atoms with Crippen molar-refractivity contribution in [2.75, 3.05) is 26.3 Å². The maximum atomic E-state index is 5.67. The lowest BCUT2D eigenvalue weighted by Crippen LogP contribution is -2.24. The number of likely N-dealkylation sites (tertiary alicyclic amines) is 1. The van der Waals surface area contributed by atoms with Crippen LogP contribution >= 0.6 is 0 Å². The summed E-state index contributed by atoms with van der Waals surface area (Å²) >= 11 is 0. The Bertz CT molecular complexity index is 472. The number of aryl methyl sites for hydroxylation is 1. The van der Waals surface area contributed by atoms with Crippen molar-refractivity contribution in [3.63, 3.8) is 0 Å². The second kappa shape index (κ2) is 4.60. The summed E-state index contributed by atoms with van der Waals surface area (Å²) in [5, 5.41) is 0. The average Bonchev–Trinajstić information content (AvgIpc) is 3.01. The van der Waals surface area contributed by atoms with E-state index in [0.29, 0.717) is 0 Å². The third-order valence-electron chi connectivity index (χ3n) is 5.46. The Labute approximate surface area is 115 Å². The Morgan fingerprint density at radius 2 is 2.11 bits per heavy atom.